The summed E-state index contributed by atoms with van der Waals surface area (Å²) in [4.78, 5) is 23.6. The van der Waals surface area contributed by atoms with Crippen LogP contribution in [0.4, 0.5) is 4.79 Å². The molecule has 2 rings (SSSR count). The van der Waals surface area contributed by atoms with Gasteiger partial charge in [0.1, 0.15) is 12.4 Å². The summed E-state index contributed by atoms with van der Waals surface area (Å²) < 4.78 is 10.1. The number of hydrogen-bond donors (Lipinski definition) is 2. The Hall–Kier alpha value is -3.06. The number of nitrogens with one attached hydrogen (secondary N) is 2. The van der Waals surface area contributed by atoms with Gasteiger partial charge < -0.3 is 14.8 Å². The van der Waals surface area contributed by atoms with Crippen LogP contribution in [0.2, 0.25) is 5.02 Å². The Kier molecular flexibility index (Phi) is 8.30. The molecule has 0 radical (unpaired) electrons. The molecular weight excluding hydrogens is 382 g/mol. The van der Waals surface area contributed by atoms with Crippen LogP contribution >= 0.6 is 11.6 Å². The lowest BCUT2D eigenvalue weighted by Gasteiger charge is -2.07. The highest BCUT2D eigenvalue weighted by molar-refractivity contribution is 6.30. The van der Waals surface area contributed by atoms with Gasteiger partial charge in [-0.15, -0.1) is 0 Å². The first kappa shape index (κ1) is 21.2. The molecule has 7 nitrogen and oxygen atoms in total. The summed E-state index contributed by atoms with van der Waals surface area (Å²) in [5.74, 6) is 0.521. The van der Waals surface area contributed by atoms with E-state index in [1.807, 2.05) is 12.1 Å². The summed E-state index contributed by atoms with van der Waals surface area (Å²) in [6, 6.07) is 14.3. The summed E-state index contributed by atoms with van der Waals surface area (Å²) in [7, 11) is 1.58. The summed E-state index contributed by atoms with van der Waals surface area (Å²) in [6.45, 7) is 2.14. The molecule has 0 atom stereocenters. The Morgan fingerprint density at radius 3 is 2.32 bits per heavy atom. The van der Waals surface area contributed by atoms with Crippen LogP contribution in [0, 0.1) is 0 Å². The number of nitrogens with zero attached hydrogens (tertiary/aromatic N) is 1. The Labute approximate surface area is 168 Å². The second-order valence-electron chi connectivity index (χ2n) is 5.96. The van der Waals surface area contributed by atoms with Crippen molar-refractivity contribution in [1.29, 1.82) is 0 Å². The quantitative estimate of drug-likeness (QED) is 0.520. The minimum absolute atomic E-state index is 0.0619. The molecule has 0 aliphatic rings. The van der Waals surface area contributed by atoms with E-state index >= 15 is 0 Å². The van der Waals surface area contributed by atoms with E-state index in [0.717, 1.165) is 16.9 Å². The third-order valence-corrected chi connectivity index (χ3v) is 3.94. The fourth-order valence-electron chi connectivity index (χ4n) is 2.18. The first-order chi connectivity index (χ1) is 13.5. The molecule has 0 spiro atoms. The van der Waals surface area contributed by atoms with E-state index in [9.17, 15) is 9.59 Å². The van der Waals surface area contributed by atoms with Crippen molar-refractivity contribution < 1.29 is 19.1 Å². The normalized spacial score (nSPS) is 10.9. The van der Waals surface area contributed by atoms with Gasteiger partial charge in [0, 0.05) is 17.3 Å². The van der Waals surface area contributed by atoms with Crippen molar-refractivity contribution in [3.63, 3.8) is 0 Å². The molecule has 2 amide bonds. The predicted octanol–water partition coefficient (Wildman–Crippen LogP) is 3.66. The second kappa shape index (κ2) is 10.9. The number of carbonyl (C=O) groups is 2. The number of halogens is 1. The molecule has 0 saturated carbocycles. The maximum absolute atomic E-state index is 11.9. The summed E-state index contributed by atoms with van der Waals surface area (Å²) in [6.07, 6.45) is -0.636. The Morgan fingerprint density at radius 1 is 1.04 bits per heavy atom. The van der Waals surface area contributed by atoms with Gasteiger partial charge in [0.25, 0.3) is 0 Å². The van der Waals surface area contributed by atoms with E-state index in [0.29, 0.717) is 17.3 Å². The highest BCUT2D eigenvalue weighted by Gasteiger charge is 2.06. The van der Waals surface area contributed by atoms with Gasteiger partial charge in [0.2, 0.25) is 5.91 Å². The average Bonchev–Trinajstić information content (AvgIpc) is 2.70. The number of hydrogen-bond acceptors (Lipinski definition) is 5. The van der Waals surface area contributed by atoms with Crippen molar-refractivity contribution >= 4 is 29.3 Å². The Balaban J connectivity index is 1.69. The van der Waals surface area contributed by atoms with Gasteiger partial charge in [-0.05, 0) is 42.3 Å². The van der Waals surface area contributed by atoms with Crippen LogP contribution < -0.4 is 15.5 Å². The van der Waals surface area contributed by atoms with Crippen LogP contribution in [0.5, 0.6) is 5.75 Å². The zero-order chi connectivity index (χ0) is 20.4. The standard InChI is InChI=1S/C20H22ClN3O4/c1-14(11-19(25)22-12-15-3-7-17(21)8-4-15)23-24-20(26)28-13-16-5-9-18(27-2)10-6-16/h3-10H,11-13H2,1-2H3,(H,22,25)(H,24,26)/b23-14-. The van der Waals surface area contributed by atoms with Crippen LogP contribution in [0.3, 0.4) is 0 Å². The number of ether oxygens (including phenoxy) is 2. The predicted molar refractivity (Wildman–Crippen MR) is 107 cm³/mol. The van der Waals surface area contributed by atoms with E-state index < -0.39 is 6.09 Å². The molecule has 0 aliphatic heterocycles. The summed E-state index contributed by atoms with van der Waals surface area (Å²) in [5.41, 5.74) is 4.48. The highest BCUT2D eigenvalue weighted by Crippen LogP contribution is 2.12. The third-order valence-electron chi connectivity index (χ3n) is 3.69. The average molecular weight is 404 g/mol. The molecule has 8 heteroatoms. The van der Waals surface area contributed by atoms with E-state index in [-0.39, 0.29) is 18.9 Å². The third kappa shape index (κ3) is 7.67. The van der Waals surface area contributed by atoms with Crippen LogP contribution in [-0.4, -0.2) is 24.8 Å². The molecule has 2 N–H and O–H groups in total. The van der Waals surface area contributed by atoms with Gasteiger partial charge in [-0.2, -0.15) is 5.10 Å². The lowest BCUT2D eigenvalue weighted by molar-refractivity contribution is -0.120. The Bertz CT molecular complexity index is 820. The van der Waals surface area contributed by atoms with E-state index in [1.54, 1.807) is 50.4 Å². The monoisotopic (exact) mass is 403 g/mol. The first-order valence-corrected chi connectivity index (χ1v) is 8.94. The minimum atomic E-state index is -0.697. The second-order valence-corrected chi connectivity index (χ2v) is 6.40. The van der Waals surface area contributed by atoms with Crippen LogP contribution in [0.25, 0.3) is 0 Å². The van der Waals surface area contributed by atoms with Crippen molar-refractivity contribution in [2.45, 2.75) is 26.5 Å². The van der Waals surface area contributed by atoms with Crippen molar-refractivity contribution in [1.82, 2.24) is 10.7 Å². The zero-order valence-electron chi connectivity index (χ0n) is 15.7. The molecule has 0 heterocycles. The summed E-state index contributed by atoms with van der Waals surface area (Å²) in [5, 5.41) is 7.28. The van der Waals surface area contributed by atoms with Crippen molar-refractivity contribution in [2.24, 2.45) is 5.10 Å². The van der Waals surface area contributed by atoms with Crippen molar-refractivity contribution in [3.05, 3.63) is 64.7 Å². The maximum atomic E-state index is 11.9. The lowest BCUT2D eigenvalue weighted by atomic mass is 10.2. The van der Waals surface area contributed by atoms with E-state index in [4.69, 9.17) is 21.1 Å². The highest BCUT2D eigenvalue weighted by atomic mass is 35.5. The first-order valence-electron chi connectivity index (χ1n) is 8.56. The van der Waals surface area contributed by atoms with E-state index in [2.05, 4.69) is 15.8 Å². The molecule has 0 fully saturated rings. The van der Waals surface area contributed by atoms with Gasteiger partial charge in [-0.25, -0.2) is 10.2 Å². The number of benzene rings is 2. The number of amides is 2. The molecule has 0 aliphatic carbocycles. The van der Waals surface area contributed by atoms with E-state index in [1.165, 1.54) is 0 Å². The molecular formula is C20H22ClN3O4. The SMILES string of the molecule is COc1ccc(COC(=O)N/N=C(/C)CC(=O)NCc2ccc(Cl)cc2)cc1. The zero-order valence-corrected chi connectivity index (χ0v) is 16.5. The van der Waals surface area contributed by atoms with Gasteiger partial charge in [-0.1, -0.05) is 35.9 Å². The molecule has 0 aromatic heterocycles. The molecule has 2 aromatic rings. The van der Waals surface area contributed by atoms with Crippen molar-refractivity contribution in [3.8, 4) is 5.75 Å². The van der Waals surface area contributed by atoms with Gasteiger partial charge in [0.15, 0.2) is 0 Å². The van der Waals surface area contributed by atoms with Gasteiger partial charge in [0.05, 0.1) is 13.5 Å². The van der Waals surface area contributed by atoms with Crippen molar-refractivity contribution in [2.75, 3.05) is 7.11 Å². The molecule has 28 heavy (non-hydrogen) atoms. The fraction of sp³-hybridized carbons (Fsp3) is 0.250. The molecule has 148 valence electrons. The smallest absolute Gasteiger partial charge is 0.428 e. The molecule has 0 unspecified atom stereocenters. The number of carbonyl (C=O) groups excluding carboxylic acids is 2. The van der Waals surface area contributed by atoms with Crippen LogP contribution in [0.1, 0.15) is 24.5 Å². The van der Waals surface area contributed by atoms with Crippen LogP contribution in [-0.2, 0) is 22.7 Å². The lowest BCUT2D eigenvalue weighted by Crippen LogP contribution is -2.26. The molecule has 0 saturated heterocycles. The number of hydrazone groups is 1. The number of methoxy groups -OCH3 is 1. The van der Waals surface area contributed by atoms with Crippen LogP contribution in [0.15, 0.2) is 53.6 Å². The topological polar surface area (TPSA) is 89.0 Å². The number of rotatable bonds is 8. The minimum Gasteiger partial charge on any atom is -0.497 e. The maximum Gasteiger partial charge on any atom is 0.428 e. The summed E-state index contributed by atoms with van der Waals surface area (Å²) >= 11 is 5.82. The molecule has 0 bridgehead atoms. The van der Waals surface area contributed by atoms with Gasteiger partial charge >= 0.3 is 6.09 Å². The largest absolute Gasteiger partial charge is 0.497 e. The molecule has 2 aromatic carbocycles. The van der Waals surface area contributed by atoms with Gasteiger partial charge in [-0.3, -0.25) is 4.79 Å². The Morgan fingerprint density at radius 2 is 1.68 bits per heavy atom. The fourth-order valence-corrected chi connectivity index (χ4v) is 2.31.